The second-order valence-corrected chi connectivity index (χ2v) is 9.30. The summed E-state index contributed by atoms with van der Waals surface area (Å²) in [5.74, 6) is 0.412. The first-order chi connectivity index (χ1) is 13.1. The van der Waals surface area contributed by atoms with Crippen molar-refractivity contribution < 1.29 is 4.79 Å². The van der Waals surface area contributed by atoms with Crippen LogP contribution in [-0.2, 0) is 4.79 Å². The van der Waals surface area contributed by atoms with E-state index in [9.17, 15) is 4.79 Å². The van der Waals surface area contributed by atoms with E-state index in [1.54, 1.807) is 11.8 Å². The SMILES string of the molecule is CN1CCN(C(=S)SCC(=O)N2c3ccccc3Sc3ccccc32)CC1. The molecule has 2 aromatic carbocycles. The predicted octanol–water partition coefficient (Wildman–Crippen LogP) is 4.08. The predicted molar refractivity (Wildman–Crippen MR) is 118 cm³/mol. The van der Waals surface area contributed by atoms with Gasteiger partial charge < -0.3 is 9.80 Å². The number of carbonyl (C=O) groups is 1. The highest BCUT2D eigenvalue weighted by molar-refractivity contribution is 8.23. The number of hydrogen-bond donors (Lipinski definition) is 0. The van der Waals surface area contributed by atoms with Crippen LogP contribution >= 0.6 is 35.7 Å². The van der Waals surface area contributed by atoms with Gasteiger partial charge >= 0.3 is 0 Å². The highest BCUT2D eigenvalue weighted by Gasteiger charge is 2.28. The first-order valence-corrected chi connectivity index (χ1v) is 11.1. The van der Waals surface area contributed by atoms with Crippen LogP contribution in [0.15, 0.2) is 58.3 Å². The molecule has 2 aliphatic rings. The fourth-order valence-electron chi connectivity index (χ4n) is 3.24. The van der Waals surface area contributed by atoms with E-state index in [0.717, 1.165) is 51.7 Å². The largest absolute Gasteiger partial charge is 0.355 e. The van der Waals surface area contributed by atoms with Crippen molar-refractivity contribution in [3.05, 3.63) is 48.5 Å². The van der Waals surface area contributed by atoms with E-state index >= 15 is 0 Å². The zero-order valence-corrected chi connectivity index (χ0v) is 17.6. The Kier molecular flexibility index (Phi) is 5.73. The summed E-state index contributed by atoms with van der Waals surface area (Å²) in [6.45, 7) is 3.89. The minimum absolute atomic E-state index is 0.0664. The maximum atomic E-state index is 13.2. The van der Waals surface area contributed by atoms with Crippen LogP contribution in [0.4, 0.5) is 11.4 Å². The average Bonchev–Trinajstić information content (AvgIpc) is 2.70. The summed E-state index contributed by atoms with van der Waals surface area (Å²) in [5.41, 5.74) is 1.91. The van der Waals surface area contributed by atoms with Crippen LogP contribution in [0, 0.1) is 0 Å². The maximum Gasteiger partial charge on any atom is 0.242 e. The Balaban J connectivity index is 1.49. The number of piperazine rings is 1. The number of fused-ring (bicyclic) bond motifs is 2. The molecular formula is C20H21N3OS3. The van der Waals surface area contributed by atoms with Gasteiger partial charge in [0.2, 0.25) is 5.91 Å². The van der Waals surface area contributed by atoms with Crippen LogP contribution < -0.4 is 4.90 Å². The number of thiocarbonyl (C=S) groups is 1. The molecule has 27 heavy (non-hydrogen) atoms. The fourth-order valence-corrected chi connectivity index (χ4v) is 5.40. The van der Waals surface area contributed by atoms with Crippen molar-refractivity contribution in [3.8, 4) is 0 Å². The van der Waals surface area contributed by atoms with Crippen LogP contribution in [0.1, 0.15) is 0 Å². The number of rotatable bonds is 2. The Hall–Kier alpha value is -1.54. The zero-order chi connectivity index (χ0) is 18.8. The molecule has 0 atom stereocenters. The van der Waals surface area contributed by atoms with Gasteiger partial charge in [-0.2, -0.15) is 0 Å². The van der Waals surface area contributed by atoms with Crippen LogP contribution in [0.2, 0.25) is 0 Å². The van der Waals surface area contributed by atoms with Gasteiger partial charge in [-0.1, -0.05) is 60.0 Å². The summed E-state index contributed by atoms with van der Waals surface area (Å²) in [4.78, 5) is 21.7. The molecule has 2 aliphatic heterocycles. The van der Waals surface area contributed by atoms with Crippen LogP contribution in [0.5, 0.6) is 0 Å². The molecule has 0 unspecified atom stereocenters. The van der Waals surface area contributed by atoms with Crippen molar-refractivity contribution in [3.63, 3.8) is 0 Å². The van der Waals surface area contributed by atoms with Crippen molar-refractivity contribution in [2.24, 2.45) is 0 Å². The van der Waals surface area contributed by atoms with Gasteiger partial charge in [0.15, 0.2) is 0 Å². The first kappa shape index (κ1) is 18.8. The number of thioether (sulfide) groups is 1. The zero-order valence-electron chi connectivity index (χ0n) is 15.1. The Morgan fingerprint density at radius 3 is 2.15 bits per heavy atom. The molecule has 1 saturated heterocycles. The molecule has 7 heteroatoms. The summed E-state index contributed by atoms with van der Waals surface area (Å²) in [5, 5.41) is 0. The van der Waals surface area contributed by atoms with Gasteiger partial charge in [-0.3, -0.25) is 9.69 Å². The smallest absolute Gasteiger partial charge is 0.242 e. The van der Waals surface area contributed by atoms with Gasteiger partial charge in [0.25, 0.3) is 0 Å². The molecule has 1 fully saturated rings. The quantitative estimate of drug-likeness (QED) is 0.686. The molecule has 0 aliphatic carbocycles. The minimum atomic E-state index is 0.0664. The Bertz CT molecular complexity index is 820. The van der Waals surface area contributed by atoms with Gasteiger partial charge in [0, 0.05) is 36.0 Å². The molecule has 140 valence electrons. The molecule has 4 nitrogen and oxygen atoms in total. The Morgan fingerprint density at radius 2 is 1.56 bits per heavy atom. The molecule has 0 aromatic heterocycles. The lowest BCUT2D eigenvalue weighted by molar-refractivity contribution is -0.115. The Morgan fingerprint density at radius 1 is 1.00 bits per heavy atom. The summed E-state index contributed by atoms with van der Waals surface area (Å²) in [6.07, 6.45) is 0. The van der Waals surface area contributed by atoms with Crippen LogP contribution in [-0.4, -0.2) is 59.0 Å². The highest BCUT2D eigenvalue weighted by Crippen LogP contribution is 2.48. The molecule has 1 amide bonds. The van der Waals surface area contributed by atoms with Crippen molar-refractivity contribution in [2.75, 3.05) is 43.9 Å². The number of para-hydroxylation sites is 2. The van der Waals surface area contributed by atoms with Crippen LogP contribution in [0.25, 0.3) is 0 Å². The van der Waals surface area contributed by atoms with Crippen molar-refractivity contribution in [2.45, 2.75) is 9.79 Å². The van der Waals surface area contributed by atoms with E-state index in [-0.39, 0.29) is 5.91 Å². The summed E-state index contributed by atoms with van der Waals surface area (Å²) < 4.78 is 0.824. The average molecular weight is 416 g/mol. The second-order valence-electron chi connectivity index (χ2n) is 6.61. The fraction of sp³-hybridized carbons (Fsp3) is 0.300. The number of amides is 1. The topological polar surface area (TPSA) is 26.8 Å². The summed E-state index contributed by atoms with van der Waals surface area (Å²) in [7, 11) is 2.13. The third-order valence-corrected chi connectivity index (χ3v) is 7.40. The van der Waals surface area contributed by atoms with Gasteiger partial charge in [0.1, 0.15) is 4.32 Å². The van der Waals surface area contributed by atoms with Crippen molar-refractivity contribution in [1.82, 2.24) is 9.80 Å². The lowest BCUT2D eigenvalue weighted by Crippen LogP contribution is -2.46. The van der Waals surface area contributed by atoms with Gasteiger partial charge in [-0.25, -0.2) is 0 Å². The second kappa shape index (κ2) is 8.22. The molecule has 0 radical (unpaired) electrons. The van der Waals surface area contributed by atoms with E-state index in [4.69, 9.17) is 12.2 Å². The maximum absolute atomic E-state index is 13.2. The monoisotopic (exact) mass is 415 g/mol. The number of likely N-dealkylation sites (N-methyl/N-ethyl adjacent to an activating group) is 1. The standard InChI is InChI=1S/C20H21N3OS3/c1-21-10-12-22(13-11-21)20(25)26-14-19(24)23-15-6-2-4-8-17(15)27-18-9-5-3-7-16(18)23/h2-9H,10-14H2,1H3. The van der Waals surface area contributed by atoms with Gasteiger partial charge in [-0.15, -0.1) is 0 Å². The van der Waals surface area contributed by atoms with Gasteiger partial charge in [-0.05, 0) is 31.3 Å². The number of carbonyl (C=O) groups excluding carboxylic acids is 1. The van der Waals surface area contributed by atoms with Gasteiger partial charge in [0.05, 0.1) is 17.1 Å². The molecule has 2 aromatic rings. The number of anilines is 2. The van der Waals surface area contributed by atoms with E-state index in [1.807, 2.05) is 41.3 Å². The Labute approximate surface area is 173 Å². The number of benzene rings is 2. The molecule has 0 saturated carbocycles. The lowest BCUT2D eigenvalue weighted by atomic mass is 10.2. The molecule has 2 heterocycles. The molecular weight excluding hydrogens is 394 g/mol. The third kappa shape index (κ3) is 4.01. The molecule has 0 spiro atoms. The molecule has 0 N–H and O–H groups in total. The third-order valence-electron chi connectivity index (χ3n) is 4.76. The summed E-state index contributed by atoms with van der Waals surface area (Å²) in [6, 6.07) is 16.2. The van der Waals surface area contributed by atoms with Crippen molar-refractivity contribution in [1.29, 1.82) is 0 Å². The summed E-state index contributed by atoms with van der Waals surface area (Å²) >= 11 is 8.77. The van der Waals surface area contributed by atoms with E-state index in [1.165, 1.54) is 11.8 Å². The normalized spacial score (nSPS) is 16.6. The first-order valence-electron chi connectivity index (χ1n) is 8.92. The van der Waals surface area contributed by atoms with E-state index < -0.39 is 0 Å². The molecule has 0 bridgehead atoms. The van der Waals surface area contributed by atoms with Crippen LogP contribution in [0.3, 0.4) is 0 Å². The lowest BCUT2D eigenvalue weighted by Gasteiger charge is -2.34. The molecule has 4 rings (SSSR count). The van der Waals surface area contributed by atoms with Crippen molar-refractivity contribution >= 4 is 57.3 Å². The highest BCUT2D eigenvalue weighted by atomic mass is 32.2. The number of nitrogens with zero attached hydrogens (tertiary/aromatic N) is 3. The minimum Gasteiger partial charge on any atom is -0.355 e. The van der Waals surface area contributed by atoms with E-state index in [2.05, 4.69) is 29.0 Å². The number of hydrogen-bond acceptors (Lipinski definition) is 5. The van der Waals surface area contributed by atoms with E-state index in [0.29, 0.717) is 5.75 Å².